The van der Waals surface area contributed by atoms with Gasteiger partial charge in [-0.15, -0.1) is 0 Å². The van der Waals surface area contributed by atoms with Crippen molar-refractivity contribution in [2.75, 3.05) is 0 Å². The van der Waals surface area contributed by atoms with Crippen molar-refractivity contribution in [3.8, 4) is 16.9 Å². The molecule has 0 aliphatic carbocycles. The highest BCUT2D eigenvalue weighted by Crippen LogP contribution is 2.25. The van der Waals surface area contributed by atoms with Gasteiger partial charge in [-0.3, -0.25) is 0 Å². The van der Waals surface area contributed by atoms with E-state index in [-0.39, 0.29) is 4.90 Å². The molecule has 0 aliphatic heterocycles. The summed E-state index contributed by atoms with van der Waals surface area (Å²) >= 11 is 5.91. The Morgan fingerprint density at radius 2 is 1.55 bits per heavy atom. The van der Waals surface area contributed by atoms with Crippen LogP contribution < -0.4 is 5.14 Å². The molecule has 4 nitrogen and oxygen atoms in total. The molecule has 2 N–H and O–H groups in total. The lowest BCUT2D eigenvalue weighted by molar-refractivity contribution is 0.598. The number of benzene rings is 2. The minimum atomic E-state index is -3.68. The largest absolute Gasteiger partial charge is 0.317 e. The van der Waals surface area contributed by atoms with Crippen LogP contribution in [0.15, 0.2) is 71.8 Å². The van der Waals surface area contributed by atoms with Gasteiger partial charge in [-0.25, -0.2) is 13.6 Å². The summed E-state index contributed by atoms with van der Waals surface area (Å²) < 4.78 is 24.6. The van der Waals surface area contributed by atoms with Gasteiger partial charge in [0.25, 0.3) is 0 Å². The topological polar surface area (TPSA) is 65.1 Å². The lowest BCUT2D eigenvalue weighted by atomic mass is 10.1. The summed E-state index contributed by atoms with van der Waals surface area (Å²) in [6, 6.07) is 17.9. The number of primary sulfonamides is 1. The van der Waals surface area contributed by atoms with E-state index in [2.05, 4.69) is 0 Å². The standard InChI is InChI=1S/C16H13ClN2O2S/c17-13-5-7-14(8-6-13)19-11-1-2-16(19)12-3-9-15(10-4-12)22(18,20)21/h1-11H,(H2,18,20,21). The highest BCUT2D eigenvalue weighted by molar-refractivity contribution is 7.89. The summed E-state index contributed by atoms with van der Waals surface area (Å²) in [5.74, 6) is 0. The third kappa shape index (κ3) is 2.92. The average molecular weight is 333 g/mol. The fourth-order valence-corrected chi connectivity index (χ4v) is 2.90. The lowest BCUT2D eigenvalue weighted by Gasteiger charge is -2.10. The zero-order valence-electron chi connectivity index (χ0n) is 11.5. The van der Waals surface area contributed by atoms with E-state index in [4.69, 9.17) is 16.7 Å². The molecule has 22 heavy (non-hydrogen) atoms. The van der Waals surface area contributed by atoms with Gasteiger partial charge in [0.05, 0.1) is 10.6 Å². The zero-order chi connectivity index (χ0) is 15.7. The first kappa shape index (κ1) is 14.8. The van der Waals surface area contributed by atoms with Crippen LogP contribution >= 0.6 is 11.6 Å². The van der Waals surface area contributed by atoms with Crippen LogP contribution in [0.2, 0.25) is 5.02 Å². The number of nitrogens with zero attached hydrogens (tertiary/aromatic N) is 1. The number of nitrogens with two attached hydrogens (primary N) is 1. The van der Waals surface area contributed by atoms with E-state index in [1.807, 2.05) is 47.2 Å². The smallest absolute Gasteiger partial charge is 0.238 e. The molecule has 3 rings (SSSR count). The Hall–Kier alpha value is -2.08. The maximum atomic E-state index is 11.3. The highest BCUT2D eigenvalue weighted by Gasteiger charge is 2.10. The first-order valence-corrected chi connectivity index (χ1v) is 8.44. The van der Waals surface area contributed by atoms with E-state index in [1.165, 1.54) is 12.1 Å². The predicted molar refractivity (Wildman–Crippen MR) is 87.6 cm³/mol. The van der Waals surface area contributed by atoms with E-state index in [0.29, 0.717) is 5.02 Å². The summed E-state index contributed by atoms with van der Waals surface area (Å²) in [6.07, 6.45) is 1.94. The molecule has 1 heterocycles. The molecule has 0 aliphatic rings. The number of hydrogen-bond acceptors (Lipinski definition) is 2. The normalized spacial score (nSPS) is 11.5. The average Bonchev–Trinajstić information content (AvgIpc) is 2.97. The Morgan fingerprint density at radius 1 is 0.909 bits per heavy atom. The van der Waals surface area contributed by atoms with Crippen LogP contribution in [0.4, 0.5) is 0 Å². The molecule has 0 amide bonds. The predicted octanol–water partition coefficient (Wildman–Crippen LogP) is 3.45. The van der Waals surface area contributed by atoms with Gasteiger partial charge in [0.1, 0.15) is 0 Å². The fraction of sp³-hybridized carbons (Fsp3) is 0. The zero-order valence-corrected chi connectivity index (χ0v) is 13.1. The second-order valence-electron chi connectivity index (χ2n) is 4.81. The molecule has 112 valence electrons. The molecule has 2 aromatic carbocycles. The van der Waals surface area contributed by atoms with Crippen LogP contribution in [-0.4, -0.2) is 13.0 Å². The summed E-state index contributed by atoms with van der Waals surface area (Å²) in [5.41, 5.74) is 2.82. The van der Waals surface area contributed by atoms with E-state index in [1.54, 1.807) is 12.1 Å². The fourth-order valence-electron chi connectivity index (χ4n) is 2.26. The Balaban J connectivity index is 2.03. The van der Waals surface area contributed by atoms with Gasteiger partial charge in [-0.1, -0.05) is 23.7 Å². The van der Waals surface area contributed by atoms with Crippen LogP contribution in [-0.2, 0) is 10.0 Å². The summed E-state index contributed by atoms with van der Waals surface area (Å²) in [4.78, 5) is 0.0980. The minimum Gasteiger partial charge on any atom is -0.317 e. The van der Waals surface area contributed by atoms with Crippen LogP contribution in [0, 0.1) is 0 Å². The molecular formula is C16H13ClN2O2S. The quantitative estimate of drug-likeness (QED) is 0.798. The van der Waals surface area contributed by atoms with E-state index in [9.17, 15) is 8.42 Å². The SMILES string of the molecule is NS(=O)(=O)c1ccc(-c2cccn2-c2ccc(Cl)cc2)cc1. The van der Waals surface area contributed by atoms with Crippen LogP contribution in [0.1, 0.15) is 0 Å². The molecule has 0 fully saturated rings. The Kier molecular flexibility index (Phi) is 3.78. The lowest BCUT2D eigenvalue weighted by Crippen LogP contribution is -2.11. The van der Waals surface area contributed by atoms with Crippen LogP contribution in [0.3, 0.4) is 0 Å². The third-order valence-electron chi connectivity index (χ3n) is 3.33. The van der Waals surface area contributed by atoms with Gasteiger partial charge in [-0.2, -0.15) is 0 Å². The van der Waals surface area contributed by atoms with Gasteiger partial charge in [0, 0.05) is 16.9 Å². The van der Waals surface area contributed by atoms with Gasteiger partial charge in [-0.05, 0) is 54.1 Å². The van der Waals surface area contributed by atoms with Crippen molar-refractivity contribution >= 4 is 21.6 Å². The molecule has 0 radical (unpaired) electrons. The summed E-state index contributed by atoms with van der Waals surface area (Å²) in [6.45, 7) is 0. The highest BCUT2D eigenvalue weighted by atomic mass is 35.5. The molecule has 0 saturated carbocycles. The van der Waals surface area contributed by atoms with Gasteiger partial charge in [0.15, 0.2) is 0 Å². The Morgan fingerprint density at radius 3 is 2.14 bits per heavy atom. The van der Waals surface area contributed by atoms with Gasteiger partial charge < -0.3 is 4.57 Å². The van der Waals surface area contributed by atoms with Crippen molar-refractivity contribution in [2.24, 2.45) is 5.14 Å². The Bertz CT molecular complexity index is 898. The van der Waals surface area contributed by atoms with Crippen molar-refractivity contribution in [1.29, 1.82) is 0 Å². The molecule has 0 bridgehead atoms. The van der Waals surface area contributed by atoms with Crippen molar-refractivity contribution in [3.05, 3.63) is 71.9 Å². The number of halogens is 1. The minimum absolute atomic E-state index is 0.0980. The summed E-state index contributed by atoms with van der Waals surface area (Å²) in [7, 11) is -3.68. The monoisotopic (exact) mass is 332 g/mol. The number of sulfonamides is 1. The van der Waals surface area contributed by atoms with Crippen molar-refractivity contribution < 1.29 is 8.42 Å². The maximum absolute atomic E-state index is 11.3. The maximum Gasteiger partial charge on any atom is 0.238 e. The van der Waals surface area contributed by atoms with E-state index < -0.39 is 10.0 Å². The number of aromatic nitrogens is 1. The molecule has 0 spiro atoms. The van der Waals surface area contributed by atoms with E-state index in [0.717, 1.165) is 16.9 Å². The first-order valence-electron chi connectivity index (χ1n) is 6.52. The van der Waals surface area contributed by atoms with Crippen LogP contribution in [0.25, 0.3) is 16.9 Å². The Labute approximate surface area is 133 Å². The van der Waals surface area contributed by atoms with Gasteiger partial charge in [0.2, 0.25) is 10.0 Å². The number of rotatable bonds is 3. The first-order chi connectivity index (χ1) is 10.4. The van der Waals surface area contributed by atoms with Crippen LogP contribution in [0.5, 0.6) is 0 Å². The molecule has 3 aromatic rings. The summed E-state index contributed by atoms with van der Waals surface area (Å²) in [5, 5.41) is 5.79. The third-order valence-corrected chi connectivity index (χ3v) is 4.51. The molecular weight excluding hydrogens is 320 g/mol. The molecule has 0 atom stereocenters. The van der Waals surface area contributed by atoms with E-state index >= 15 is 0 Å². The van der Waals surface area contributed by atoms with Crippen molar-refractivity contribution in [1.82, 2.24) is 4.57 Å². The molecule has 0 saturated heterocycles. The van der Waals surface area contributed by atoms with Crippen molar-refractivity contribution in [2.45, 2.75) is 4.90 Å². The molecule has 0 unspecified atom stereocenters. The second-order valence-corrected chi connectivity index (χ2v) is 6.81. The molecule has 6 heteroatoms. The van der Waals surface area contributed by atoms with Gasteiger partial charge >= 0.3 is 0 Å². The second kappa shape index (κ2) is 5.61. The molecule has 1 aromatic heterocycles. The number of hydrogen-bond donors (Lipinski definition) is 1. The van der Waals surface area contributed by atoms with Crippen molar-refractivity contribution in [3.63, 3.8) is 0 Å².